The van der Waals surface area contributed by atoms with Crippen LogP contribution in [0.1, 0.15) is 20.8 Å². The number of likely N-dealkylation sites (N-methyl/N-ethyl adjacent to an activating group) is 1. The Morgan fingerprint density at radius 1 is 1.43 bits per heavy atom. The number of methoxy groups -OCH3 is 1. The molecular formula is C14H19FN2O4. The maximum Gasteiger partial charge on any atom is 0.329 e. The third-order valence-electron chi connectivity index (χ3n) is 3.16. The number of nitrogens with zero attached hydrogens (tertiary/aromatic N) is 1. The highest BCUT2D eigenvalue weighted by Gasteiger charge is 2.36. The molecule has 0 saturated carbocycles. The molecule has 0 spiro atoms. The Bertz CT molecular complexity index is 546. The Morgan fingerprint density at radius 2 is 2.05 bits per heavy atom. The average Bonchev–Trinajstić information content (AvgIpc) is 2.39. The Balaban J connectivity index is 2.93. The van der Waals surface area contributed by atoms with Crippen molar-refractivity contribution in [3.05, 3.63) is 24.0 Å². The van der Waals surface area contributed by atoms with Crippen molar-refractivity contribution in [2.24, 2.45) is 0 Å². The predicted molar refractivity (Wildman–Crippen MR) is 76.1 cm³/mol. The molecule has 0 fully saturated rings. The Hall–Kier alpha value is -2.31. The van der Waals surface area contributed by atoms with Crippen LogP contribution in [-0.2, 0) is 4.79 Å². The number of hydrogen-bond acceptors (Lipinski definition) is 3. The Kier molecular flexibility index (Phi) is 5.12. The molecule has 0 atom stereocenters. The lowest BCUT2D eigenvalue weighted by Gasteiger charge is -2.34. The number of nitrogens with one attached hydrogen (secondary N) is 1. The highest BCUT2D eigenvalue weighted by atomic mass is 19.1. The number of carboxylic acids is 1. The number of rotatable bonds is 5. The minimum absolute atomic E-state index is 0.0613. The van der Waals surface area contributed by atoms with Gasteiger partial charge < -0.3 is 20.1 Å². The number of aliphatic carboxylic acids is 1. The van der Waals surface area contributed by atoms with Crippen molar-refractivity contribution >= 4 is 17.7 Å². The molecule has 0 radical (unpaired) electrons. The number of anilines is 1. The van der Waals surface area contributed by atoms with Crippen LogP contribution < -0.4 is 10.1 Å². The van der Waals surface area contributed by atoms with Crippen LogP contribution in [0.15, 0.2) is 18.2 Å². The number of hydrogen-bond donors (Lipinski definition) is 2. The molecule has 116 valence electrons. The van der Waals surface area contributed by atoms with E-state index < -0.39 is 23.4 Å². The summed E-state index contributed by atoms with van der Waals surface area (Å²) in [6.07, 6.45) is 0. The number of urea groups is 1. The van der Waals surface area contributed by atoms with Gasteiger partial charge in [-0.3, -0.25) is 0 Å². The fourth-order valence-electron chi connectivity index (χ4n) is 1.84. The highest BCUT2D eigenvalue weighted by molar-refractivity contribution is 5.93. The summed E-state index contributed by atoms with van der Waals surface area (Å²) in [4.78, 5) is 24.5. The van der Waals surface area contributed by atoms with Gasteiger partial charge in [-0.2, -0.15) is 0 Å². The van der Waals surface area contributed by atoms with Gasteiger partial charge >= 0.3 is 12.0 Å². The van der Waals surface area contributed by atoms with E-state index >= 15 is 0 Å². The first-order valence-electron chi connectivity index (χ1n) is 6.39. The summed E-state index contributed by atoms with van der Waals surface area (Å²) in [6.45, 7) is 4.71. The number of amides is 2. The van der Waals surface area contributed by atoms with E-state index in [1.165, 1.54) is 33.1 Å². The second-order valence-corrected chi connectivity index (χ2v) is 4.89. The Morgan fingerprint density at radius 3 is 2.48 bits per heavy atom. The van der Waals surface area contributed by atoms with E-state index in [-0.39, 0.29) is 18.0 Å². The zero-order valence-corrected chi connectivity index (χ0v) is 12.4. The summed E-state index contributed by atoms with van der Waals surface area (Å²) >= 11 is 0. The van der Waals surface area contributed by atoms with Crippen molar-refractivity contribution in [2.75, 3.05) is 19.0 Å². The second kappa shape index (κ2) is 6.43. The monoisotopic (exact) mass is 298 g/mol. The van der Waals surface area contributed by atoms with Crippen LogP contribution in [0.5, 0.6) is 5.75 Å². The smallest absolute Gasteiger partial charge is 0.329 e. The molecule has 0 unspecified atom stereocenters. The predicted octanol–water partition coefficient (Wildman–Crippen LogP) is 2.55. The molecule has 0 heterocycles. The van der Waals surface area contributed by atoms with Crippen LogP contribution in [-0.4, -0.2) is 41.2 Å². The average molecular weight is 298 g/mol. The minimum atomic E-state index is -1.37. The molecule has 6 nitrogen and oxygen atoms in total. The normalized spacial score (nSPS) is 10.9. The number of carbonyl (C=O) groups is 2. The van der Waals surface area contributed by atoms with Gasteiger partial charge in [-0.05, 0) is 32.9 Å². The van der Waals surface area contributed by atoms with Crippen LogP contribution in [0, 0.1) is 5.82 Å². The standard InChI is InChI=1S/C14H19FN2O4/c1-5-17(14(2,3)12(18)19)13(20)16-9-6-7-11(21-4)10(15)8-9/h6-8H,5H2,1-4H3,(H,16,20)(H,18,19). The number of halogens is 1. The molecule has 21 heavy (non-hydrogen) atoms. The third-order valence-corrected chi connectivity index (χ3v) is 3.16. The first-order valence-corrected chi connectivity index (χ1v) is 6.39. The zero-order valence-electron chi connectivity index (χ0n) is 12.4. The maximum atomic E-state index is 13.6. The van der Waals surface area contributed by atoms with E-state index in [9.17, 15) is 19.1 Å². The largest absolute Gasteiger partial charge is 0.494 e. The van der Waals surface area contributed by atoms with E-state index in [1.807, 2.05) is 0 Å². The van der Waals surface area contributed by atoms with Crippen molar-refractivity contribution in [2.45, 2.75) is 26.3 Å². The van der Waals surface area contributed by atoms with Crippen molar-refractivity contribution in [3.8, 4) is 5.75 Å². The molecule has 7 heteroatoms. The summed E-state index contributed by atoms with van der Waals surface area (Å²) in [5.41, 5.74) is -1.15. The molecule has 0 bridgehead atoms. The van der Waals surface area contributed by atoms with Gasteiger partial charge in [0.1, 0.15) is 5.54 Å². The van der Waals surface area contributed by atoms with Crippen LogP contribution in [0.4, 0.5) is 14.9 Å². The van der Waals surface area contributed by atoms with Crippen molar-refractivity contribution in [1.29, 1.82) is 0 Å². The van der Waals surface area contributed by atoms with Gasteiger partial charge in [0.15, 0.2) is 11.6 Å². The summed E-state index contributed by atoms with van der Waals surface area (Å²) in [5.74, 6) is -1.68. The van der Waals surface area contributed by atoms with Crippen LogP contribution in [0.2, 0.25) is 0 Å². The fourth-order valence-corrected chi connectivity index (χ4v) is 1.84. The summed E-state index contributed by atoms with van der Waals surface area (Å²) < 4.78 is 18.3. The van der Waals surface area contributed by atoms with Gasteiger partial charge in [0.2, 0.25) is 0 Å². The molecule has 1 aromatic carbocycles. The number of carbonyl (C=O) groups excluding carboxylic acids is 1. The number of carboxylic acid groups (broad SMARTS) is 1. The van der Waals surface area contributed by atoms with Crippen molar-refractivity contribution in [1.82, 2.24) is 4.90 Å². The zero-order chi connectivity index (χ0) is 16.2. The lowest BCUT2D eigenvalue weighted by Crippen LogP contribution is -2.54. The highest BCUT2D eigenvalue weighted by Crippen LogP contribution is 2.22. The quantitative estimate of drug-likeness (QED) is 0.875. The molecule has 0 aromatic heterocycles. The Labute approximate surface area is 122 Å². The molecule has 0 aliphatic heterocycles. The molecule has 1 rings (SSSR count). The summed E-state index contributed by atoms with van der Waals surface area (Å²) in [7, 11) is 1.34. The first kappa shape index (κ1) is 16.7. The van der Waals surface area contributed by atoms with E-state index in [0.29, 0.717) is 0 Å². The van der Waals surface area contributed by atoms with Gasteiger partial charge in [0.05, 0.1) is 7.11 Å². The first-order chi connectivity index (χ1) is 9.73. The molecule has 0 aliphatic carbocycles. The van der Waals surface area contributed by atoms with Crippen LogP contribution >= 0.6 is 0 Å². The topological polar surface area (TPSA) is 78.9 Å². The second-order valence-electron chi connectivity index (χ2n) is 4.89. The van der Waals surface area contributed by atoms with E-state index in [0.717, 1.165) is 11.0 Å². The van der Waals surface area contributed by atoms with Gasteiger partial charge in [-0.15, -0.1) is 0 Å². The van der Waals surface area contributed by atoms with Crippen molar-refractivity contribution < 1.29 is 23.8 Å². The molecule has 1 aromatic rings. The number of ether oxygens (including phenoxy) is 1. The molecule has 2 amide bonds. The third kappa shape index (κ3) is 3.62. The fraction of sp³-hybridized carbons (Fsp3) is 0.429. The summed E-state index contributed by atoms with van der Waals surface area (Å²) in [5, 5.41) is 11.6. The number of benzene rings is 1. The maximum absolute atomic E-state index is 13.6. The van der Waals surface area contributed by atoms with Gasteiger partial charge in [0, 0.05) is 18.3 Å². The van der Waals surface area contributed by atoms with Gasteiger partial charge in [-0.1, -0.05) is 0 Å². The van der Waals surface area contributed by atoms with E-state index in [2.05, 4.69) is 5.32 Å². The lowest BCUT2D eigenvalue weighted by atomic mass is 10.0. The van der Waals surface area contributed by atoms with Gasteiger partial charge in [-0.25, -0.2) is 14.0 Å². The van der Waals surface area contributed by atoms with Crippen LogP contribution in [0.3, 0.4) is 0 Å². The molecule has 2 N–H and O–H groups in total. The van der Waals surface area contributed by atoms with Crippen LogP contribution in [0.25, 0.3) is 0 Å². The molecule has 0 saturated heterocycles. The SMILES string of the molecule is CCN(C(=O)Nc1ccc(OC)c(F)c1)C(C)(C)C(=O)O. The molecule has 0 aliphatic rings. The molecular weight excluding hydrogens is 279 g/mol. The van der Waals surface area contributed by atoms with E-state index in [4.69, 9.17) is 4.74 Å². The lowest BCUT2D eigenvalue weighted by molar-refractivity contribution is -0.147. The van der Waals surface area contributed by atoms with E-state index in [1.54, 1.807) is 6.92 Å². The minimum Gasteiger partial charge on any atom is -0.494 e. The van der Waals surface area contributed by atoms with Crippen molar-refractivity contribution in [3.63, 3.8) is 0 Å². The van der Waals surface area contributed by atoms with Gasteiger partial charge in [0.25, 0.3) is 0 Å². The summed E-state index contributed by atoms with van der Waals surface area (Å²) in [6, 6.07) is 3.35.